The average molecular weight is 353 g/mol. The van der Waals surface area contributed by atoms with Crippen LogP contribution in [0, 0.1) is 0 Å². The Morgan fingerprint density at radius 2 is 1.81 bits per heavy atom. The lowest BCUT2D eigenvalue weighted by atomic mass is 9.96. The minimum absolute atomic E-state index is 0.187. The summed E-state index contributed by atoms with van der Waals surface area (Å²) in [6.07, 6.45) is 1.91. The molecule has 0 aliphatic carbocycles. The van der Waals surface area contributed by atoms with Gasteiger partial charge in [-0.15, -0.1) is 0 Å². The van der Waals surface area contributed by atoms with Gasteiger partial charge in [0.25, 0.3) is 5.91 Å². The van der Waals surface area contributed by atoms with Crippen LogP contribution in [-0.4, -0.2) is 28.5 Å². The molecule has 0 aliphatic rings. The summed E-state index contributed by atoms with van der Waals surface area (Å²) >= 11 is 0. The van der Waals surface area contributed by atoms with Gasteiger partial charge in [-0.3, -0.25) is 9.63 Å². The number of nitrogens with one attached hydrogen (secondary N) is 1. The predicted molar refractivity (Wildman–Crippen MR) is 99.2 cm³/mol. The number of amides is 1. The predicted octanol–water partition coefficient (Wildman–Crippen LogP) is 3.37. The molecular weight excluding hydrogens is 330 g/mol. The van der Waals surface area contributed by atoms with Crippen molar-refractivity contribution in [3.63, 3.8) is 0 Å². The minimum atomic E-state index is -0.371. The lowest BCUT2D eigenvalue weighted by Crippen LogP contribution is -2.26. The first-order valence-electron chi connectivity index (χ1n) is 8.54. The fourth-order valence-electron chi connectivity index (χ4n) is 2.62. The Morgan fingerprint density at radius 1 is 1.08 bits per heavy atom. The van der Waals surface area contributed by atoms with Crippen LogP contribution in [0.3, 0.4) is 0 Å². The van der Waals surface area contributed by atoms with Crippen molar-refractivity contribution in [3.05, 3.63) is 66.2 Å². The smallest absolute Gasteiger partial charge is 0.295 e. The van der Waals surface area contributed by atoms with Crippen LogP contribution in [0.2, 0.25) is 0 Å². The van der Waals surface area contributed by atoms with Crippen LogP contribution >= 0.6 is 0 Å². The molecule has 26 heavy (non-hydrogen) atoms. The molecule has 1 N–H and O–H groups in total. The number of carbonyl (C=O) groups is 1. The normalized spacial score (nSPS) is 11.5. The van der Waals surface area contributed by atoms with E-state index in [4.69, 9.17) is 9.57 Å². The number of fused-ring (bicyclic) bond motifs is 1. The number of para-hydroxylation sites is 1. The van der Waals surface area contributed by atoms with E-state index < -0.39 is 0 Å². The van der Waals surface area contributed by atoms with Gasteiger partial charge in [0.15, 0.2) is 5.69 Å². The molecular formula is C20H23N3O3. The van der Waals surface area contributed by atoms with Crippen molar-refractivity contribution >= 4 is 11.4 Å². The molecule has 1 amide bonds. The van der Waals surface area contributed by atoms with Gasteiger partial charge < -0.3 is 9.14 Å². The number of carbonyl (C=O) groups excluding carboxylic acids is 1. The Morgan fingerprint density at radius 3 is 2.54 bits per heavy atom. The number of aromatic nitrogens is 2. The van der Waals surface area contributed by atoms with Crippen molar-refractivity contribution in [2.75, 3.05) is 13.2 Å². The first-order chi connectivity index (χ1) is 12.5. The van der Waals surface area contributed by atoms with Crippen LogP contribution in [0.1, 0.15) is 37.1 Å². The number of hydroxylamine groups is 1. The summed E-state index contributed by atoms with van der Waals surface area (Å²) in [6.45, 7) is 6.76. The molecule has 6 heteroatoms. The van der Waals surface area contributed by atoms with E-state index >= 15 is 0 Å². The molecule has 1 aromatic carbocycles. The van der Waals surface area contributed by atoms with Crippen LogP contribution in [0.25, 0.3) is 5.52 Å². The van der Waals surface area contributed by atoms with Crippen molar-refractivity contribution in [3.8, 4) is 5.75 Å². The van der Waals surface area contributed by atoms with E-state index in [0.717, 1.165) is 17.1 Å². The van der Waals surface area contributed by atoms with Gasteiger partial charge in [0.05, 0.1) is 5.52 Å². The first-order valence-corrected chi connectivity index (χ1v) is 8.54. The highest BCUT2D eigenvalue weighted by Crippen LogP contribution is 2.24. The number of nitrogens with zero attached hydrogens (tertiary/aromatic N) is 2. The van der Waals surface area contributed by atoms with E-state index in [9.17, 15) is 4.79 Å². The molecule has 0 radical (unpaired) electrons. The van der Waals surface area contributed by atoms with Gasteiger partial charge in [-0.05, 0) is 24.3 Å². The van der Waals surface area contributed by atoms with Gasteiger partial charge in [0.2, 0.25) is 0 Å². The number of hydrogen-bond donors (Lipinski definition) is 1. The summed E-state index contributed by atoms with van der Waals surface area (Å²) in [6, 6.07) is 15.1. The summed E-state index contributed by atoms with van der Waals surface area (Å²) in [4.78, 5) is 22.3. The van der Waals surface area contributed by atoms with E-state index in [1.807, 2.05) is 59.1 Å². The zero-order chi connectivity index (χ0) is 18.6. The zero-order valence-electron chi connectivity index (χ0n) is 15.2. The van der Waals surface area contributed by atoms with Crippen LogP contribution in [-0.2, 0) is 10.3 Å². The molecule has 0 unspecified atom stereocenters. The third kappa shape index (κ3) is 4.03. The Balaban J connectivity index is 1.61. The molecule has 3 aromatic rings. The number of benzene rings is 1. The van der Waals surface area contributed by atoms with E-state index in [1.165, 1.54) is 0 Å². The summed E-state index contributed by atoms with van der Waals surface area (Å²) in [5.41, 5.74) is 3.36. The molecule has 0 spiro atoms. The molecule has 0 aliphatic heterocycles. The van der Waals surface area contributed by atoms with Crippen LogP contribution in [0.15, 0.2) is 54.7 Å². The van der Waals surface area contributed by atoms with Crippen molar-refractivity contribution in [1.82, 2.24) is 14.9 Å². The van der Waals surface area contributed by atoms with Gasteiger partial charge in [0.1, 0.15) is 24.8 Å². The number of pyridine rings is 1. The summed E-state index contributed by atoms with van der Waals surface area (Å²) < 4.78 is 7.45. The average Bonchev–Trinajstić information content (AvgIpc) is 3.02. The van der Waals surface area contributed by atoms with E-state index in [0.29, 0.717) is 12.3 Å². The maximum absolute atomic E-state index is 12.5. The van der Waals surface area contributed by atoms with Crippen LogP contribution in [0.5, 0.6) is 5.75 Å². The third-order valence-electron chi connectivity index (χ3n) is 3.80. The van der Waals surface area contributed by atoms with E-state index in [2.05, 4.69) is 31.2 Å². The fraction of sp³-hybridized carbons (Fsp3) is 0.300. The standard InChI is InChI=1S/C20H23N3O3/c1-20(2,3)19-21-17(16-11-7-8-12-23(16)19)18(24)22-26-14-13-25-15-9-5-4-6-10-15/h4-12H,13-14H2,1-3H3,(H,22,24). The SMILES string of the molecule is CC(C)(C)c1nc(C(=O)NOCCOc2ccccc2)c2ccccn12. The van der Waals surface area contributed by atoms with Gasteiger partial charge >= 0.3 is 0 Å². The maximum Gasteiger partial charge on any atom is 0.295 e. The lowest BCUT2D eigenvalue weighted by molar-refractivity contribution is 0.0198. The number of imidazole rings is 1. The second kappa shape index (κ2) is 7.58. The summed E-state index contributed by atoms with van der Waals surface area (Å²) in [5.74, 6) is 1.21. The van der Waals surface area contributed by atoms with Gasteiger partial charge in [0, 0.05) is 11.6 Å². The molecule has 2 aromatic heterocycles. The van der Waals surface area contributed by atoms with Crippen molar-refractivity contribution in [1.29, 1.82) is 0 Å². The second-order valence-corrected chi connectivity index (χ2v) is 6.93. The minimum Gasteiger partial charge on any atom is -0.491 e. The Labute approximate surface area is 152 Å². The molecule has 0 atom stereocenters. The number of ether oxygens (including phenoxy) is 1. The maximum atomic E-state index is 12.5. The third-order valence-corrected chi connectivity index (χ3v) is 3.80. The summed E-state index contributed by atoms with van der Waals surface area (Å²) in [5, 5.41) is 0. The quantitative estimate of drug-likeness (QED) is 0.545. The topological polar surface area (TPSA) is 64.9 Å². The highest BCUT2D eigenvalue weighted by molar-refractivity contribution is 5.98. The zero-order valence-corrected chi connectivity index (χ0v) is 15.2. The van der Waals surface area contributed by atoms with Crippen molar-refractivity contribution in [2.24, 2.45) is 0 Å². The monoisotopic (exact) mass is 353 g/mol. The van der Waals surface area contributed by atoms with E-state index in [1.54, 1.807) is 0 Å². The number of hydrogen-bond acceptors (Lipinski definition) is 4. The van der Waals surface area contributed by atoms with Gasteiger partial charge in [-0.1, -0.05) is 45.0 Å². The molecule has 0 bridgehead atoms. The Kier molecular flexibility index (Phi) is 5.23. The van der Waals surface area contributed by atoms with Crippen LogP contribution in [0.4, 0.5) is 0 Å². The fourth-order valence-corrected chi connectivity index (χ4v) is 2.62. The first kappa shape index (κ1) is 17.9. The molecule has 2 heterocycles. The molecule has 0 fully saturated rings. The highest BCUT2D eigenvalue weighted by atomic mass is 16.7. The van der Waals surface area contributed by atoms with Gasteiger partial charge in [-0.25, -0.2) is 10.5 Å². The molecule has 6 nitrogen and oxygen atoms in total. The largest absolute Gasteiger partial charge is 0.491 e. The lowest BCUT2D eigenvalue weighted by Gasteiger charge is -2.16. The van der Waals surface area contributed by atoms with E-state index in [-0.39, 0.29) is 17.9 Å². The Hall–Kier alpha value is -2.86. The highest BCUT2D eigenvalue weighted by Gasteiger charge is 2.25. The van der Waals surface area contributed by atoms with Crippen molar-refractivity contribution in [2.45, 2.75) is 26.2 Å². The van der Waals surface area contributed by atoms with Crippen LogP contribution < -0.4 is 10.2 Å². The Bertz CT molecular complexity index is 882. The molecule has 0 saturated carbocycles. The van der Waals surface area contributed by atoms with Gasteiger partial charge in [-0.2, -0.15) is 0 Å². The molecule has 3 rings (SSSR count). The second-order valence-electron chi connectivity index (χ2n) is 6.93. The summed E-state index contributed by atoms with van der Waals surface area (Å²) in [7, 11) is 0. The molecule has 0 saturated heterocycles. The molecule has 136 valence electrons. The number of rotatable bonds is 6. The van der Waals surface area contributed by atoms with Crippen molar-refractivity contribution < 1.29 is 14.4 Å².